The van der Waals surface area contributed by atoms with Crippen LogP contribution in [0.25, 0.3) is 0 Å². The number of ether oxygens (including phenoxy) is 2. The molecule has 18 heavy (non-hydrogen) atoms. The quantitative estimate of drug-likeness (QED) is 0.350. The van der Waals surface area contributed by atoms with Crippen LogP contribution in [0.1, 0.15) is 5.76 Å². The van der Waals surface area contributed by atoms with Crippen LogP contribution in [0.5, 0.6) is 0 Å². The Labute approximate surface area is 102 Å². The number of hydrazone groups is 1. The number of hydrogen-bond donors (Lipinski definition) is 1. The van der Waals surface area contributed by atoms with Crippen LogP contribution in [0, 0.1) is 10.1 Å². The molecule has 98 valence electrons. The summed E-state index contributed by atoms with van der Waals surface area (Å²) in [6.45, 7) is 0.381. The molecule has 0 aliphatic heterocycles. The van der Waals surface area contributed by atoms with E-state index in [1.54, 1.807) is 0 Å². The van der Waals surface area contributed by atoms with Crippen molar-refractivity contribution in [2.45, 2.75) is 0 Å². The van der Waals surface area contributed by atoms with Crippen molar-refractivity contribution in [1.29, 1.82) is 0 Å². The number of nitro groups is 1. The molecule has 0 saturated carbocycles. The number of rotatable bonds is 6. The minimum Gasteiger partial charge on any atom is -0.446 e. The lowest BCUT2D eigenvalue weighted by Crippen LogP contribution is -2.20. The predicted molar refractivity (Wildman–Crippen MR) is 59.3 cm³/mol. The number of hydrogen-bond acceptors (Lipinski definition) is 7. The van der Waals surface area contributed by atoms with Crippen LogP contribution in [0.2, 0.25) is 0 Å². The van der Waals surface area contributed by atoms with E-state index in [0.29, 0.717) is 0 Å². The van der Waals surface area contributed by atoms with Crippen LogP contribution < -0.4 is 5.43 Å². The largest absolute Gasteiger partial charge is 0.446 e. The Morgan fingerprint density at radius 3 is 3.00 bits per heavy atom. The van der Waals surface area contributed by atoms with Gasteiger partial charge in [0.25, 0.3) is 0 Å². The molecular formula is C9H11N3O6. The summed E-state index contributed by atoms with van der Waals surface area (Å²) in [6.07, 6.45) is 0.356. The van der Waals surface area contributed by atoms with E-state index < -0.39 is 16.9 Å². The van der Waals surface area contributed by atoms with Crippen molar-refractivity contribution in [2.24, 2.45) is 5.10 Å². The molecule has 0 aliphatic carbocycles. The highest BCUT2D eigenvalue weighted by Crippen LogP contribution is 2.13. The lowest BCUT2D eigenvalue weighted by atomic mass is 10.5. The van der Waals surface area contributed by atoms with Gasteiger partial charge in [0.2, 0.25) is 0 Å². The van der Waals surface area contributed by atoms with Crippen LogP contribution in [0.3, 0.4) is 0 Å². The topological polar surface area (TPSA) is 116 Å². The number of methoxy groups -OCH3 is 1. The molecule has 0 fully saturated rings. The number of furan rings is 1. The Hall–Kier alpha value is -2.42. The third kappa shape index (κ3) is 4.61. The summed E-state index contributed by atoms with van der Waals surface area (Å²) < 4.78 is 14.1. The fourth-order valence-corrected chi connectivity index (χ4v) is 0.908. The molecule has 0 aromatic carbocycles. The zero-order valence-corrected chi connectivity index (χ0v) is 9.49. The normalized spacial score (nSPS) is 10.5. The molecule has 0 bridgehead atoms. The van der Waals surface area contributed by atoms with Crippen molar-refractivity contribution < 1.29 is 23.6 Å². The first-order valence-electron chi connectivity index (χ1n) is 4.82. The first kappa shape index (κ1) is 13.6. The smallest absolute Gasteiger partial charge is 0.433 e. The minimum absolute atomic E-state index is 0.101. The number of carbonyl (C=O) groups is 1. The SMILES string of the molecule is COCCOC(=O)N/N=C/c1ccc([N+](=O)[O-])o1. The molecule has 9 nitrogen and oxygen atoms in total. The minimum atomic E-state index is -0.760. The predicted octanol–water partition coefficient (Wildman–Crippen LogP) is 0.894. The molecule has 1 N–H and O–H groups in total. The van der Waals surface area contributed by atoms with E-state index in [2.05, 4.69) is 20.0 Å². The third-order valence-electron chi connectivity index (χ3n) is 1.66. The number of carbonyl (C=O) groups excluding carboxylic acids is 1. The van der Waals surface area contributed by atoms with Gasteiger partial charge in [-0.05, 0) is 6.07 Å². The maximum Gasteiger partial charge on any atom is 0.433 e. The highest BCUT2D eigenvalue weighted by molar-refractivity contribution is 5.78. The van der Waals surface area contributed by atoms with Crippen LogP contribution in [0.4, 0.5) is 10.7 Å². The zero-order valence-electron chi connectivity index (χ0n) is 9.49. The Bertz CT molecular complexity index is 441. The highest BCUT2D eigenvalue weighted by Gasteiger charge is 2.10. The van der Waals surface area contributed by atoms with Crippen molar-refractivity contribution >= 4 is 18.2 Å². The van der Waals surface area contributed by atoms with Crippen molar-refractivity contribution in [2.75, 3.05) is 20.3 Å². The molecule has 1 aromatic heterocycles. The summed E-state index contributed by atoms with van der Waals surface area (Å²) in [7, 11) is 1.48. The van der Waals surface area contributed by atoms with Gasteiger partial charge in [-0.3, -0.25) is 10.1 Å². The number of nitrogens with one attached hydrogen (secondary N) is 1. The standard InChI is InChI=1S/C9H11N3O6/c1-16-4-5-17-9(13)11-10-6-7-2-3-8(18-7)12(14)15/h2-3,6H,4-5H2,1H3,(H,11,13)/b10-6+. The summed E-state index contributed by atoms with van der Waals surface area (Å²) in [5.74, 6) is -0.266. The van der Waals surface area contributed by atoms with Gasteiger partial charge in [-0.15, -0.1) is 0 Å². The molecule has 1 aromatic rings. The molecule has 0 atom stereocenters. The third-order valence-corrected chi connectivity index (χ3v) is 1.66. The highest BCUT2D eigenvalue weighted by atomic mass is 16.6. The van der Waals surface area contributed by atoms with Gasteiger partial charge >= 0.3 is 12.0 Å². The van der Waals surface area contributed by atoms with Gasteiger partial charge in [-0.25, -0.2) is 10.2 Å². The Morgan fingerprint density at radius 2 is 2.39 bits per heavy atom. The van der Waals surface area contributed by atoms with Gasteiger partial charge in [0.15, 0.2) is 5.76 Å². The summed E-state index contributed by atoms with van der Waals surface area (Å²) in [5.41, 5.74) is 2.05. The Kier molecular flexibility index (Phi) is 5.32. The first-order valence-corrected chi connectivity index (χ1v) is 4.82. The van der Waals surface area contributed by atoms with Gasteiger partial charge in [-0.1, -0.05) is 0 Å². The molecule has 0 radical (unpaired) electrons. The zero-order chi connectivity index (χ0) is 13.4. The Morgan fingerprint density at radius 1 is 1.61 bits per heavy atom. The molecule has 0 saturated heterocycles. The van der Waals surface area contributed by atoms with Gasteiger partial charge in [0, 0.05) is 7.11 Å². The van der Waals surface area contributed by atoms with E-state index in [4.69, 9.17) is 4.42 Å². The van der Waals surface area contributed by atoms with Gasteiger partial charge < -0.3 is 13.9 Å². The van der Waals surface area contributed by atoms with Crippen molar-refractivity contribution in [3.05, 3.63) is 28.0 Å². The first-order chi connectivity index (χ1) is 8.63. The van der Waals surface area contributed by atoms with E-state index in [1.165, 1.54) is 19.2 Å². The molecule has 1 amide bonds. The molecular weight excluding hydrogens is 246 g/mol. The lowest BCUT2D eigenvalue weighted by Gasteiger charge is -2.01. The number of amides is 1. The molecule has 0 unspecified atom stereocenters. The van der Waals surface area contributed by atoms with Crippen molar-refractivity contribution in [3.63, 3.8) is 0 Å². The molecule has 9 heteroatoms. The summed E-state index contributed by atoms with van der Waals surface area (Å²) in [6, 6.07) is 2.53. The van der Waals surface area contributed by atoms with Crippen LogP contribution in [-0.4, -0.2) is 37.6 Å². The average molecular weight is 257 g/mol. The van der Waals surface area contributed by atoms with Crippen LogP contribution in [0.15, 0.2) is 21.7 Å². The molecule has 1 rings (SSSR count). The Balaban J connectivity index is 2.35. The van der Waals surface area contributed by atoms with E-state index in [9.17, 15) is 14.9 Å². The van der Waals surface area contributed by atoms with Crippen LogP contribution in [-0.2, 0) is 9.47 Å². The van der Waals surface area contributed by atoms with E-state index in [0.717, 1.165) is 6.21 Å². The molecule has 0 aliphatic rings. The average Bonchev–Trinajstić information content (AvgIpc) is 2.78. The maximum atomic E-state index is 11.0. The van der Waals surface area contributed by atoms with Gasteiger partial charge in [0.1, 0.15) is 11.5 Å². The van der Waals surface area contributed by atoms with Crippen molar-refractivity contribution in [1.82, 2.24) is 5.43 Å². The summed E-state index contributed by atoms with van der Waals surface area (Å²) in [4.78, 5) is 20.6. The van der Waals surface area contributed by atoms with Crippen LogP contribution >= 0.6 is 0 Å². The fourth-order valence-electron chi connectivity index (χ4n) is 0.908. The summed E-state index contributed by atoms with van der Waals surface area (Å²) in [5, 5.41) is 13.8. The fraction of sp³-hybridized carbons (Fsp3) is 0.333. The second kappa shape index (κ2) is 7.01. The maximum absolute atomic E-state index is 11.0. The molecule has 0 spiro atoms. The monoisotopic (exact) mass is 257 g/mol. The number of nitrogens with zero attached hydrogens (tertiary/aromatic N) is 2. The van der Waals surface area contributed by atoms with Gasteiger partial charge in [-0.2, -0.15) is 5.10 Å². The lowest BCUT2D eigenvalue weighted by molar-refractivity contribution is -0.402. The van der Waals surface area contributed by atoms with E-state index >= 15 is 0 Å². The second-order valence-electron chi connectivity index (χ2n) is 2.93. The van der Waals surface area contributed by atoms with Gasteiger partial charge in [0.05, 0.1) is 18.9 Å². The van der Waals surface area contributed by atoms with Crippen molar-refractivity contribution in [3.8, 4) is 0 Å². The summed E-state index contributed by atoms with van der Waals surface area (Å²) >= 11 is 0. The second-order valence-corrected chi connectivity index (χ2v) is 2.93. The molecule has 1 heterocycles. The van der Waals surface area contributed by atoms with E-state index in [-0.39, 0.29) is 19.0 Å². The van der Waals surface area contributed by atoms with E-state index in [1.807, 2.05) is 0 Å².